The van der Waals surface area contributed by atoms with Gasteiger partial charge in [-0.25, -0.2) is 0 Å². The van der Waals surface area contributed by atoms with Gasteiger partial charge in [-0.05, 0) is 99.4 Å². The van der Waals surface area contributed by atoms with Crippen molar-refractivity contribution in [3.8, 4) is 16.8 Å². The summed E-state index contributed by atoms with van der Waals surface area (Å²) in [6.45, 7) is 11.4. The molecule has 3 nitrogen and oxygen atoms in total. The van der Waals surface area contributed by atoms with Gasteiger partial charge in [-0.15, -0.1) is 11.3 Å². The van der Waals surface area contributed by atoms with Crippen molar-refractivity contribution in [1.29, 1.82) is 0 Å². The maximum atomic E-state index is 6.52. The second kappa shape index (κ2) is 13.1. The van der Waals surface area contributed by atoms with Crippen molar-refractivity contribution < 1.29 is 4.42 Å². The quantitative estimate of drug-likeness (QED) is 0.179. The molecule has 2 aliphatic heterocycles. The number of rotatable bonds is 4. The summed E-state index contributed by atoms with van der Waals surface area (Å²) in [6.07, 6.45) is 2.24. The van der Waals surface area contributed by atoms with Crippen molar-refractivity contribution in [2.45, 2.75) is 31.1 Å². The Morgan fingerprint density at radius 2 is 1.42 bits per heavy atom. The van der Waals surface area contributed by atoms with Crippen LogP contribution in [0.2, 0.25) is 0 Å². The molecule has 293 valence electrons. The Balaban J connectivity index is 1.08. The molecule has 6 heteroatoms. The van der Waals surface area contributed by atoms with Gasteiger partial charge in [0, 0.05) is 79.7 Å². The molecule has 0 fully saturated rings. The first-order valence-corrected chi connectivity index (χ1v) is 22.8. The molecule has 8 aromatic carbocycles. The largest absolute Gasteiger partial charge is 0.456 e. The molecule has 1 radical (unpaired) electrons. The number of nitrogens with one attached hydrogen (secondary N) is 1. The number of furan rings is 1. The van der Waals surface area contributed by atoms with Crippen LogP contribution in [0.1, 0.15) is 37.5 Å². The van der Waals surface area contributed by atoms with Crippen molar-refractivity contribution in [2.75, 3.05) is 5.32 Å². The first-order valence-electron chi connectivity index (χ1n) is 21.2. The summed E-state index contributed by atoms with van der Waals surface area (Å²) < 4.78 is 11.6. The number of benzene rings is 8. The Morgan fingerprint density at radius 1 is 0.629 bits per heavy atom. The van der Waals surface area contributed by atoms with E-state index in [4.69, 9.17) is 4.42 Å². The third-order valence-corrected chi connectivity index (χ3v) is 15.2. The number of thioether (sulfide) groups is 1. The van der Waals surface area contributed by atoms with Crippen LogP contribution in [-0.4, -0.2) is 11.8 Å². The molecule has 13 rings (SSSR count). The highest BCUT2D eigenvalue weighted by molar-refractivity contribution is 8.08. The van der Waals surface area contributed by atoms with Gasteiger partial charge in [0.05, 0.1) is 5.52 Å². The van der Waals surface area contributed by atoms with Crippen LogP contribution in [0.4, 0.5) is 11.4 Å². The fraction of sp³-hybridized carbons (Fsp3) is 0.0714. The van der Waals surface area contributed by atoms with Crippen LogP contribution in [0, 0.1) is 0 Å². The van der Waals surface area contributed by atoms with Gasteiger partial charge in [0.2, 0.25) is 0 Å². The lowest BCUT2D eigenvalue weighted by atomic mass is 9.58. The van der Waals surface area contributed by atoms with Crippen LogP contribution in [0.15, 0.2) is 174 Å². The Morgan fingerprint density at radius 3 is 2.26 bits per heavy atom. The molecule has 62 heavy (non-hydrogen) atoms. The van der Waals surface area contributed by atoms with Gasteiger partial charge in [-0.2, -0.15) is 0 Å². The van der Waals surface area contributed by atoms with Crippen LogP contribution in [0.5, 0.6) is 0 Å². The van der Waals surface area contributed by atoms with Crippen molar-refractivity contribution >= 4 is 127 Å². The molecular weight excluding hydrogens is 792 g/mol. The molecule has 0 aliphatic carbocycles. The molecule has 0 spiro atoms. The number of thiophene rings is 1. The Hall–Kier alpha value is -6.73. The van der Waals surface area contributed by atoms with Gasteiger partial charge >= 0.3 is 0 Å². The average Bonchev–Trinajstić information content (AvgIpc) is 3.94. The monoisotopic (exact) mass is 829 g/mol. The van der Waals surface area contributed by atoms with E-state index in [9.17, 15) is 0 Å². The van der Waals surface area contributed by atoms with Crippen LogP contribution in [0.25, 0.3) is 91.2 Å². The zero-order valence-electron chi connectivity index (χ0n) is 34.5. The lowest BCUT2D eigenvalue weighted by Crippen LogP contribution is -2.37. The van der Waals surface area contributed by atoms with E-state index in [0.717, 1.165) is 38.9 Å². The Labute approximate surface area is 368 Å². The molecule has 0 amide bonds. The number of allylic oxidation sites excluding steroid dienone is 2. The van der Waals surface area contributed by atoms with Crippen LogP contribution in [-0.2, 0) is 5.41 Å². The minimum absolute atomic E-state index is 0.0722. The zero-order chi connectivity index (χ0) is 41.4. The van der Waals surface area contributed by atoms with Crippen molar-refractivity contribution in [1.82, 2.24) is 4.57 Å². The zero-order valence-corrected chi connectivity index (χ0v) is 36.1. The van der Waals surface area contributed by atoms with E-state index in [1.807, 2.05) is 29.2 Å². The summed E-state index contributed by atoms with van der Waals surface area (Å²) in [6, 6.07) is 55.6. The highest BCUT2D eigenvalue weighted by Gasteiger charge is 2.30. The van der Waals surface area contributed by atoms with Crippen molar-refractivity contribution in [3.05, 3.63) is 181 Å². The standard InChI is InChI=1S/C56H38BN2OS2/c1-31-24-51(32-12-6-5-7-13-32)62-53-30-47-44(26-39(31)53)57-54-37(22-23-38-41-28-49-42(27-46(41)59(47)55(38)54)35-14-8-10-16-48(35)60-49)40-25-43-36-15-9-11-17-50(36)61-52(43)29-45(40)58-34-20-18-33(19-21-34)56(2,3)4/h5-30,58H,1H2,2-4H3. The molecule has 11 aromatic rings. The Kier molecular flexibility index (Phi) is 7.62. The number of fused-ring (bicyclic) bond motifs is 12. The number of nitrogens with zero attached hydrogens (tertiary/aromatic N) is 1. The first kappa shape index (κ1) is 36.0. The van der Waals surface area contributed by atoms with E-state index in [1.54, 1.807) is 0 Å². The smallest absolute Gasteiger partial charge is 0.197 e. The van der Waals surface area contributed by atoms with E-state index in [1.165, 1.54) is 96.2 Å². The maximum absolute atomic E-state index is 6.52. The summed E-state index contributed by atoms with van der Waals surface area (Å²) in [5.41, 5.74) is 17.0. The van der Waals surface area contributed by atoms with Crippen LogP contribution < -0.4 is 16.2 Å². The molecule has 0 unspecified atom stereocenters. The summed E-state index contributed by atoms with van der Waals surface area (Å²) >= 11 is 3.68. The highest BCUT2D eigenvalue weighted by Crippen LogP contribution is 2.47. The second-order valence-corrected chi connectivity index (χ2v) is 19.9. The summed E-state index contributed by atoms with van der Waals surface area (Å²) in [7, 11) is 2.43. The molecule has 1 N–H and O–H groups in total. The Bertz CT molecular complexity index is 3770. The molecular formula is C56H38BN2OS2. The van der Waals surface area contributed by atoms with Gasteiger partial charge in [-0.1, -0.05) is 142 Å². The minimum Gasteiger partial charge on any atom is -0.456 e. The first-order chi connectivity index (χ1) is 30.2. The third-order valence-electron chi connectivity index (χ3n) is 12.9. The molecule has 0 saturated carbocycles. The predicted molar refractivity (Wildman–Crippen MR) is 269 cm³/mol. The van der Waals surface area contributed by atoms with Crippen LogP contribution in [0.3, 0.4) is 0 Å². The van der Waals surface area contributed by atoms with Gasteiger partial charge in [-0.3, -0.25) is 0 Å². The lowest BCUT2D eigenvalue weighted by molar-refractivity contribution is 0.590. The predicted octanol–water partition coefficient (Wildman–Crippen LogP) is 14.9. The highest BCUT2D eigenvalue weighted by atomic mass is 32.2. The number of para-hydroxylation sites is 1. The molecule has 3 aromatic heterocycles. The topological polar surface area (TPSA) is 30.1 Å². The third kappa shape index (κ3) is 5.39. The second-order valence-electron chi connectivity index (χ2n) is 17.7. The van der Waals surface area contributed by atoms with Gasteiger partial charge in [0.1, 0.15) is 11.2 Å². The number of anilines is 2. The molecule has 0 bridgehead atoms. The van der Waals surface area contributed by atoms with Crippen molar-refractivity contribution in [3.63, 3.8) is 0 Å². The molecule has 2 aliphatic rings. The number of aromatic nitrogens is 1. The maximum Gasteiger partial charge on any atom is 0.197 e. The van der Waals surface area contributed by atoms with E-state index < -0.39 is 0 Å². The van der Waals surface area contributed by atoms with E-state index >= 15 is 0 Å². The summed E-state index contributed by atoms with van der Waals surface area (Å²) in [5, 5.41) is 11.1. The van der Waals surface area contributed by atoms with Crippen molar-refractivity contribution in [2.24, 2.45) is 0 Å². The lowest BCUT2D eigenvalue weighted by Gasteiger charge is -2.27. The number of hydrogen-bond donors (Lipinski definition) is 1. The summed E-state index contributed by atoms with van der Waals surface area (Å²) in [5.74, 6) is 0. The fourth-order valence-electron chi connectivity index (χ4n) is 9.80. The van der Waals surface area contributed by atoms with Gasteiger partial charge in [0.25, 0.3) is 0 Å². The van der Waals surface area contributed by atoms with E-state index in [0.29, 0.717) is 0 Å². The van der Waals surface area contributed by atoms with E-state index in [-0.39, 0.29) is 5.41 Å². The number of hydrogen-bond acceptors (Lipinski definition) is 4. The normalized spacial score (nSPS) is 13.6. The summed E-state index contributed by atoms with van der Waals surface area (Å²) in [4.78, 5) is 2.43. The van der Waals surface area contributed by atoms with Gasteiger partial charge in [0.15, 0.2) is 7.28 Å². The molecule has 5 heterocycles. The SMILES string of the molecule is C=C1C=C(c2ccccc2)Sc2cc3c(cc21)[B]c1c(-c2cc4c(cc2Nc2ccc(C(C)(C)C)cc2)sc2ccccc24)ccc2c4cc5oc6ccccc6c5cc4n-3c12. The average molecular weight is 830 g/mol. The molecule has 0 saturated heterocycles. The van der Waals surface area contributed by atoms with Crippen LogP contribution >= 0.6 is 23.1 Å². The fourth-order valence-corrected chi connectivity index (χ4v) is 12.1. The van der Waals surface area contributed by atoms with E-state index in [2.05, 4.69) is 196 Å². The minimum atomic E-state index is 0.0722. The molecule has 0 atom stereocenters. The van der Waals surface area contributed by atoms with Gasteiger partial charge < -0.3 is 14.3 Å².